The summed E-state index contributed by atoms with van der Waals surface area (Å²) in [4.78, 5) is 6.17. The topological polar surface area (TPSA) is 65.7 Å². The second kappa shape index (κ2) is 9.08. The summed E-state index contributed by atoms with van der Waals surface area (Å²) >= 11 is 1.73. The SMILES string of the molecule is COc1ccc(-c2nnn(C(C)C)n2)cc1CCCCCc1csc(C)n1. The van der Waals surface area contributed by atoms with Crippen molar-refractivity contribution in [3.8, 4) is 17.1 Å². The van der Waals surface area contributed by atoms with E-state index in [-0.39, 0.29) is 6.04 Å². The van der Waals surface area contributed by atoms with Crippen LogP contribution in [0.25, 0.3) is 11.4 Å². The van der Waals surface area contributed by atoms with Crippen LogP contribution in [-0.4, -0.2) is 32.3 Å². The van der Waals surface area contributed by atoms with E-state index in [1.807, 2.05) is 26.0 Å². The molecule has 0 aliphatic rings. The van der Waals surface area contributed by atoms with Crippen LogP contribution >= 0.6 is 11.3 Å². The number of aryl methyl sites for hydroxylation is 3. The van der Waals surface area contributed by atoms with Gasteiger partial charge in [0.25, 0.3) is 0 Å². The summed E-state index contributed by atoms with van der Waals surface area (Å²) in [5.41, 5.74) is 3.40. The number of unbranched alkanes of at least 4 members (excludes halogenated alkanes) is 2. The van der Waals surface area contributed by atoms with Crippen LogP contribution in [0.15, 0.2) is 23.6 Å². The molecule has 0 saturated heterocycles. The normalized spacial score (nSPS) is 11.3. The first-order valence-corrected chi connectivity index (χ1v) is 10.3. The number of ether oxygens (including phenoxy) is 1. The molecular weight excluding hydrogens is 358 g/mol. The number of aromatic nitrogens is 5. The summed E-state index contributed by atoms with van der Waals surface area (Å²) in [6, 6.07) is 6.32. The second-order valence-corrected chi connectivity index (χ2v) is 8.03. The summed E-state index contributed by atoms with van der Waals surface area (Å²) in [7, 11) is 1.72. The van der Waals surface area contributed by atoms with Gasteiger partial charge < -0.3 is 4.74 Å². The Morgan fingerprint density at radius 2 is 1.96 bits per heavy atom. The van der Waals surface area contributed by atoms with Gasteiger partial charge in [-0.15, -0.1) is 21.5 Å². The van der Waals surface area contributed by atoms with Gasteiger partial charge in [0.15, 0.2) is 0 Å². The van der Waals surface area contributed by atoms with E-state index in [9.17, 15) is 0 Å². The molecule has 0 aliphatic heterocycles. The molecular formula is C20H27N5OS. The standard InChI is InChI=1S/C20H27N5OS/c1-14(2)25-23-20(22-24-25)17-10-11-19(26-4)16(12-17)8-6-5-7-9-18-13-27-15(3)21-18/h10-14H,5-9H2,1-4H3. The van der Waals surface area contributed by atoms with Gasteiger partial charge in [0.2, 0.25) is 5.82 Å². The van der Waals surface area contributed by atoms with E-state index in [2.05, 4.69) is 38.8 Å². The molecule has 27 heavy (non-hydrogen) atoms. The molecule has 0 fully saturated rings. The third kappa shape index (κ3) is 5.13. The number of hydrogen-bond acceptors (Lipinski definition) is 6. The van der Waals surface area contributed by atoms with Crippen molar-refractivity contribution in [1.29, 1.82) is 0 Å². The zero-order valence-electron chi connectivity index (χ0n) is 16.5. The van der Waals surface area contributed by atoms with Gasteiger partial charge in [-0.25, -0.2) is 4.98 Å². The third-order valence-electron chi connectivity index (χ3n) is 4.47. The van der Waals surface area contributed by atoms with Gasteiger partial charge in [0.05, 0.1) is 23.9 Å². The Kier molecular flexibility index (Phi) is 6.55. The molecule has 1 aromatic carbocycles. The molecule has 0 saturated carbocycles. The van der Waals surface area contributed by atoms with E-state index in [1.165, 1.54) is 17.7 Å². The first-order chi connectivity index (χ1) is 13.1. The summed E-state index contributed by atoms with van der Waals surface area (Å²) < 4.78 is 5.54. The van der Waals surface area contributed by atoms with Crippen LogP contribution in [-0.2, 0) is 12.8 Å². The summed E-state index contributed by atoms with van der Waals surface area (Å²) in [6.07, 6.45) is 5.49. The molecule has 0 amide bonds. The molecule has 7 heteroatoms. The van der Waals surface area contributed by atoms with Gasteiger partial charge in [0, 0.05) is 10.9 Å². The average molecular weight is 386 g/mol. The van der Waals surface area contributed by atoms with Crippen molar-refractivity contribution in [2.45, 2.75) is 58.9 Å². The molecule has 0 unspecified atom stereocenters. The van der Waals surface area contributed by atoms with Gasteiger partial charge >= 0.3 is 0 Å². The molecule has 3 aromatic rings. The molecule has 3 rings (SSSR count). The number of rotatable bonds is 9. The Bertz CT molecular complexity index is 871. The van der Waals surface area contributed by atoms with Gasteiger partial charge in [-0.05, 0) is 75.4 Å². The fraction of sp³-hybridized carbons (Fsp3) is 0.500. The van der Waals surface area contributed by atoms with Crippen LogP contribution in [0, 0.1) is 6.92 Å². The largest absolute Gasteiger partial charge is 0.496 e. The molecule has 2 aromatic heterocycles. The van der Waals surface area contributed by atoms with Gasteiger partial charge in [-0.3, -0.25) is 0 Å². The van der Waals surface area contributed by atoms with Crippen molar-refractivity contribution >= 4 is 11.3 Å². The van der Waals surface area contributed by atoms with E-state index in [0.717, 1.165) is 42.0 Å². The fourth-order valence-corrected chi connectivity index (χ4v) is 3.64. The maximum Gasteiger partial charge on any atom is 0.204 e. The third-order valence-corrected chi connectivity index (χ3v) is 5.30. The molecule has 0 radical (unpaired) electrons. The van der Waals surface area contributed by atoms with Crippen molar-refractivity contribution in [2.24, 2.45) is 0 Å². The Balaban J connectivity index is 1.59. The predicted molar refractivity (Wildman–Crippen MR) is 108 cm³/mol. The van der Waals surface area contributed by atoms with Crippen molar-refractivity contribution in [3.05, 3.63) is 39.8 Å². The predicted octanol–water partition coefficient (Wildman–Crippen LogP) is 4.65. The Morgan fingerprint density at radius 1 is 1.15 bits per heavy atom. The first kappa shape index (κ1) is 19.5. The average Bonchev–Trinajstić information content (AvgIpc) is 3.30. The van der Waals surface area contributed by atoms with Crippen molar-refractivity contribution in [2.75, 3.05) is 7.11 Å². The zero-order chi connectivity index (χ0) is 19.2. The lowest BCUT2D eigenvalue weighted by atomic mass is 10.0. The van der Waals surface area contributed by atoms with Crippen LogP contribution < -0.4 is 4.74 Å². The number of methoxy groups -OCH3 is 1. The minimum absolute atomic E-state index is 0.200. The molecule has 0 bridgehead atoms. The lowest BCUT2D eigenvalue weighted by Gasteiger charge is -2.09. The maximum atomic E-state index is 5.54. The summed E-state index contributed by atoms with van der Waals surface area (Å²) in [5, 5.41) is 16.1. The smallest absolute Gasteiger partial charge is 0.204 e. The van der Waals surface area contributed by atoms with Gasteiger partial charge in [-0.2, -0.15) is 4.80 Å². The van der Waals surface area contributed by atoms with E-state index in [4.69, 9.17) is 4.74 Å². The van der Waals surface area contributed by atoms with E-state index in [1.54, 1.807) is 23.2 Å². The van der Waals surface area contributed by atoms with Crippen LogP contribution in [0.2, 0.25) is 0 Å². The molecule has 0 spiro atoms. The summed E-state index contributed by atoms with van der Waals surface area (Å²) in [6.45, 7) is 6.14. The molecule has 0 aliphatic carbocycles. The Morgan fingerprint density at radius 3 is 2.63 bits per heavy atom. The molecule has 0 N–H and O–H groups in total. The van der Waals surface area contributed by atoms with Crippen LogP contribution in [0.5, 0.6) is 5.75 Å². The number of benzene rings is 1. The van der Waals surface area contributed by atoms with Crippen molar-refractivity contribution in [3.63, 3.8) is 0 Å². The number of thiazole rings is 1. The van der Waals surface area contributed by atoms with E-state index >= 15 is 0 Å². The molecule has 6 nitrogen and oxygen atoms in total. The molecule has 0 atom stereocenters. The van der Waals surface area contributed by atoms with E-state index in [0.29, 0.717) is 5.82 Å². The van der Waals surface area contributed by atoms with Gasteiger partial charge in [0.1, 0.15) is 5.75 Å². The second-order valence-electron chi connectivity index (χ2n) is 6.97. The lowest BCUT2D eigenvalue weighted by molar-refractivity contribution is 0.409. The fourth-order valence-electron chi connectivity index (χ4n) is 2.99. The monoisotopic (exact) mass is 385 g/mol. The molecule has 2 heterocycles. The number of hydrogen-bond donors (Lipinski definition) is 0. The zero-order valence-corrected chi connectivity index (χ0v) is 17.3. The van der Waals surface area contributed by atoms with Crippen LogP contribution in [0.3, 0.4) is 0 Å². The minimum atomic E-state index is 0.200. The lowest BCUT2D eigenvalue weighted by Crippen LogP contribution is -2.04. The van der Waals surface area contributed by atoms with Crippen LogP contribution in [0.1, 0.15) is 55.4 Å². The highest BCUT2D eigenvalue weighted by Gasteiger charge is 2.11. The van der Waals surface area contributed by atoms with Crippen molar-refractivity contribution < 1.29 is 4.74 Å². The summed E-state index contributed by atoms with van der Waals surface area (Å²) in [5.74, 6) is 1.58. The number of nitrogens with zero attached hydrogens (tertiary/aromatic N) is 5. The Labute approximate surface area is 164 Å². The molecule has 144 valence electrons. The minimum Gasteiger partial charge on any atom is -0.496 e. The Hall–Kier alpha value is -2.28. The van der Waals surface area contributed by atoms with Crippen LogP contribution in [0.4, 0.5) is 0 Å². The highest BCUT2D eigenvalue weighted by atomic mass is 32.1. The number of tetrazole rings is 1. The first-order valence-electron chi connectivity index (χ1n) is 9.44. The van der Waals surface area contributed by atoms with Crippen molar-refractivity contribution in [1.82, 2.24) is 25.2 Å². The highest BCUT2D eigenvalue weighted by molar-refractivity contribution is 7.09. The maximum absolute atomic E-state index is 5.54. The highest BCUT2D eigenvalue weighted by Crippen LogP contribution is 2.26. The van der Waals surface area contributed by atoms with Gasteiger partial charge in [-0.1, -0.05) is 6.42 Å². The van der Waals surface area contributed by atoms with E-state index < -0.39 is 0 Å². The quantitative estimate of drug-likeness (QED) is 0.502.